The number of hydrogen-bond donors (Lipinski definition) is 2. The molecule has 2 N–H and O–H groups in total. The number of rotatable bonds is 19. The summed E-state index contributed by atoms with van der Waals surface area (Å²) in [6.07, 6.45) is 16.8. The molecule has 0 spiro atoms. The third-order valence-corrected chi connectivity index (χ3v) is 8.81. The maximum absolute atomic E-state index is 12.5. The topological polar surface area (TPSA) is 146 Å². The Balaban J connectivity index is 1.30. The number of sulfone groups is 1. The maximum Gasteiger partial charge on any atom is 0.303 e. The maximum atomic E-state index is 12.5. The van der Waals surface area contributed by atoms with Gasteiger partial charge in [0, 0.05) is 24.7 Å². The second-order valence-corrected chi connectivity index (χ2v) is 13.5. The molecule has 1 heterocycles. The average molecular weight is 667 g/mol. The van der Waals surface area contributed by atoms with Crippen LogP contribution in [0.25, 0.3) is 5.76 Å². The van der Waals surface area contributed by atoms with Crippen LogP contribution in [0.2, 0.25) is 0 Å². The molecule has 0 amide bonds. The number of ether oxygens (including phenoxy) is 4. The van der Waals surface area contributed by atoms with Crippen LogP contribution in [0.4, 0.5) is 0 Å². The van der Waals surface area contributed by atoms with Gasteiger partial charge >= 0.3 is 11.9 Å². The quantitative estimate of drug-likeness (QED) is 0.150. The first-order valence-corrected chi connectivity index (χ1v) is 17.7. The minimum absolute atomic E-state index is 0.00874. The summed E-state index contributed by atoms with van der Waals surface area (Å²) in [5.74, 6) is 0.235. The number of aryl methyl sites for hydroxylation is 1. The van der Waals surface area contributed by atoms with Crippen LogP contribution in [0.15, 0.2) is 83.4 Å². The first kappa shape index (κ1) is 35.3. The van der Waals surface area contributed by atoms with Crippen molar-refractivity contribution < 1.29 is 47.2 Å². The fourth-order valence-electron chi connectivity index (χ4n) is 5.27. The monoisotopic (exact) mass is 666 g/mol. The molecule has 11 heteroatoms. The van der Waals surface area contributed by atoms with E-state index in [1.54, 1.807) is 24.5 Å². The van der Waals surface area contributed by atoms with E-state index < -0.39 is 21.8 Å². The standard InChI is InChI=1S/C36H42O10S/c1-47(41,42)30-22-28(34-25-43-24-33(46-34)27-12-6-4-7-13-27)21-29(23-30)44-19-8-3-2-5-11-26-14-9-15-32(31(26)17-18-36(39)40)45-20-10-16-35(37)38/h4,6,9,12,14-15,21-25H,2-3,5,7-8,10-11,13,16-20H2,1H3,(H,37,38)(H,39,40). The molecule has 0 saturated heterocycles. The van der Waals surface area contributed by atoms with Crippen LogP contribution >= 0.6 is 0 Å². The zero-order valence-electron chi connectivity index (χ0n) is 26.6. The Kier molecular flexibility index (Phi) is 13.1. The lowest BCUT2D eigenvalue weighted by Crippen LogP contribution is -2.07. The van der Waals surface area contributed by atoms with Gasteiger partial charge in [0.2, 0.25) is 0 Å². The molecular weight excluding hydrogens is 624 g/mol. The highest BCUT2D eigenvalue weighted by Gasteiger charge is 2.20. The smallest absolute Gasteiger partial charge is 0.303 e. The Morgan fingerprint density at radius 1 is 0.872 bits per heavy atom. The van der Waals surface area contributed by atoms with Gasteiger partial charge in [-0.2, -0.15) is 0 Å². The van der Waals surface area contributed by atoms with Gasteiger partial charge in [-0.25, -0.2) is 8.42 Å². The van der Waals surface area contributed by atoms with Crippen molar-refractivity contribution in [3.05, 3.63) is 95.2 Å². The molecule has 0 atom stereocenters. The van der Waals surface area contributed by atoms with Crippen molar-refractivity contribution in [3.63, 3.8) is 0 Å². The van der Waals surface area contributed by atoms with Gasteiger partial charge in [-0.3, -0.25) is 9.59 Å². The normalized spacial score (nSPS) is 14.3. The number of allylic oxidation sites excluding steroid dienone is 4. The van der Waals surface area contributed by atoms with E-state index in [1.807, 2.05) is 24.3 Å². The third kappa shape index (κ3) is 11.4. The van der Waals surface area contributed by atoms with Crippen LogP contribution in [0, 0.1) is 0 Å². The van der Waals surface area contributed by atoms with Gasteiger partial charge in [0.15, 0.2) is 21.4 Å². The molecule has 1 aliphatic carbocycles. The SMILES string of the molecule is CS(=O)(=O)c1cc(OCCCCCCc2cccc(OCCCC(=O)O)c2CCC(=O)O)cc(C2=COC=C(C3=CC=CCC3)O2)c1. The number of benzene rings is 2. The largest absolute Gasteiger partial charge is 0.494 e. The second-order valence-electron chi connectivity index (χ2n) is 11.5. The lowest BCUT2D eigenvalue weighted by molar-refractivity contribution is -0.138. The molecule has 0 aromatic heterocycles. The molecule has 0 unspecified atom stereocenters. The highest BCUT2D eigenvalue weighted by molar-refractivity contribution is 7.90. The Morgan fingerprint density at radius 2 is 1.64 bits per heavy atom. The van der Waals surface area contributed by atoms with Gasteiger partial charge in [-0.15, -0.1) is 0 Å². The van der Waals surface area contributed by atoms with E-state index in [2.05, 4.69) is 6.08 Å². The van der Waals surface area contributed by atoms with Crippen molar-refractivity contribution >= 4 is 27.5 Å². The lowest BCUT2D eigenvalue weighted by atomic mass is 9.97. The van der Waals surface area contributed by atoms with Gasteiger partial charge in [0.05, 0.1) is 18.1 Å². The molecule has 2 aromatic carbocycles. The predicted octanol–water partition coefficient (Wildman–Crippen LogP) is 7.00. The summed E-state index contributed by atoms with van der Waals surface area (Å²) >= 11 is 0. The summed E-state index contributed by atoms with van der Waals surface area (Å²) in [4.78, 5) is 22.2. The zero-order chi connectivity index (χ0) is 33.6. The molecule has 10 nitrogen and oxygen atoms in total. The fraction of sp³-hybridized carbons (Fsp3) is 0.389. The van der Waals surface area contributed by atoms with Crippen LogP contribution in [0.1, 0.15) is 74.5 Å². The molecular formula is C36H42O10S. The van der Waals surface area contributed by atoms with Crippen LogP contribution in [0.3, 0.4) is 0 Å². The van der Waals surface area contributed by atoms with Crippen molar-refractivity contribution in [2.24, 2.45) is 0 Å². The Hall–Kier alpha value is -4.51. The van der Waals surface area contributed by atoms with E-state index in [1.165, 1.54) is 12.3 Å². The van der Waals surface area contributed by atoms with E-state index in [0.717, 1.165) is 67.9 Å². The van der Waals surface area contributed by atoms with Gasteiger partial charge in [0.1, 0.15) is 24.0 Å². The molecule has 47 heavy (non-hydrogen) atoms. The van der Waals surface area contributed by atoms with E-state index in [4.69, 9.17) is 24.1 Å². The molecule has 252 valence electrons. The molecule has 0 bridgehead atoms. The minimum Gasteiger partial charge on any atom is -0.494 e. The van der Waals surface area contributed by atoms with Crippen molar-refractivity contribution in [2.45, 2.75) is 75.5 Å². The lowest BCUT2D eigenvalue weighted by Gasteiger charge is -2.20. The average Bonchev–Trinajstić information content (AvgIpc) is 3.05. The van der Waals surface area contributed by atoms with Crippen LogP contribution < -0.4 is 9.47 Å². The first-order valence-electron chi connectivity index (χ1n) is 15.9. The molecule has 1 aliphatic heterocycles. The summed E-state index contributed by atoms with van der Waals surface area (Å²) < 4.78 is 48.4. The summed E-state index contributed by atoms with van der Waals surface area (Å²) in [6.45, 7) is 0.647. The van der Waals surface area contributed by atoms with Gasteiger partial charge in [-0.05, 0) is 85.9 Å². The van der Waals surface area contributed by atoms with Crippen molar-refractivity contribution in [1.82, 2.24) is 0 Å². The summed E-state index contributed by atoms with van der Waals surface area (Å²) in [6, 6.07) is 10.5. The summed E-state index contributed by atoms with van der Waals surface area (Å²) in [5.41, 5.74) is 3.42. The third-order valence-electron chi connectivity index (χ3n) is 7.71. The number of unbranched alkanes of at least 4 members (excludes halogenated alkanes) is 3. The molecule has 2 aromatic rings. The van der Waals surface area contributed by atoms with Crippen LogP contribution in [0.5, 0.6) is 11.5 Å². The molecule has 4 rings (SSSR count). The number of aliphatic carboxylic acids is 2. The van der Waals surface area contributed by atoms with E-state index >= 15 is 0 Å². The Labute approximate surface area is 275 Å². The Morgan fingerprint density at radius 3 is 2.38 bits per heavy atom. The molecule has 0 radical (unpaired) electrons. The summed E-state index contributed by atoms with van der Waals surface area (Å²) in [5, 5.41) is 18.1. The first-order chi connectivity index (χ1) is 22.6. The number of hydrogen-bond acceptors (Lipinski definition) is 8. The number of carboxylic acid groups (broad SMARTS) is 2. The Bertz CT molecular complexity index is 1650. The van der Waals surface area contributed by atoms with Gasteiger partial charge in [0.25, 0.3) is 0 Å². The van der Waals surface area contributed by atoms with Crippen molar-refractivity contribution in [2.75, 3.05) is 19.5 Å². The molecule has 0 saturated carbocycles. The highest BCUT2D eigenvalue weighted by atomic mass is 32.2. The van der Waals surface area contributed by atoms with Crippen LogP contribution in [-0.4, -0.2) is 50.0 Å². The highest BCUT2D eigenvalue weighted by Crippen LogP contribution is 2.33. The van der Waals surface area contributed by atoms with Gasteiger partial charge in [-0.1, -0.05) is 43.2 Å². The minimum atomic E-state index is -3.52. The number of carbonyl (C=O) groups is 2. The van der Waals surface area contributed by atoms with E-state index in [-0.39, 0.29) is 24.3 Å². The van der Waals surface area contributed by atoms with Crippen molar-refractivity contribution in [1.29, 1.82) is 0 Å². The molecule has 2 aliphatic rings. The number of carboxylic acids is 2. The molecule has 0 fully saturated rings. The second kappa shape index (κ2) is 17.4. The van der Waals surface area contributed by atoms with Gasteiger partial charge < -0.3 is 29.2 Å². The van der Waals surface area contributed by atoms with Crippen molar-refractivity contribution in [3.8, 4) is 11.5 Å². The van der Waals surface area contributed by atoms with E-state index in [9.17, 15) is 23.1 Å². The van der Waals surface area contributed by atoms with Crippen LogP contribution in [-0.2, 0) is 41.7 Å². The summed E-state index contributed by atoms with van der Waals surface area (Å²) in [7, 11) is -3.52. The fourth-order valence-corrected chi connectivity index (χ4v) is 5.95. The predicted molar refractivity (Wildman–Crippen MR) is 177 cm³/mol. The zero-order valence-corrected chi connectivity index (χ0v) is 27.4. The van der Waals surface area contributed by atoms with E-state index in [0.29, 0.717) is 48.0 Å².